The van der Waals surface area contributed by atoms with Gasteiger partial charge in [-0.2, -0.15) is 0 Å². The second-order valence-corrected chi connectivity index (χ2v) is 7.93. The molecular formula is C20H22N2O3S. The minimum Gasteiger partial charge on any atom is -0.422 e. The maximum absolute atomic E-state index is 12.6. The fourth-order valence-corrected chi connectivity index (χ4v) is 4.84. The number of likely N-dealkylation sites (N-methyl/N-ethyl adjacent to an activating group) is 1. The van der Waals surface area contributed by atoms with Crippen LogP contribution in [0.15, 0.2) is 33.5 Å². The summed E-state index contributed by atoms with van der Waals surface area (Å²) >= 11 is 1.36. The van der Waals surface area contributed by atoms with Crippen molar-refractivity contribution >= 4 is 38.3 Å². The Morgan fingerprint density at radius 1 is 1.35 bits per heavy atom. The summed E-state index contributed by atoms with van der Waals surface area (Å²) in [4.78, 5) is 27.8. The summed E-state index contributed by atoms with van der Waals surface area (Å²) in [6.45, 7) is 6.91. The molecule has 1 aliphatic heterocycles. The summed E-state index contributed by atoms with van der Waals surface area (Å²) in [6, 6.07) is 7.79. The van der Waals surface area contributed by atoms with Gasteiger partial charge in [0.05, 0.1) is 15.0 Å². The Morgan fingerprint density at radius 2 is 2.19 bits per heavy atom. The molecule has 3 aromatic rings. The molecular weight excluding hydrogens is 348 g/mol. The molecule has 0 radical (unpaired) electrons. The van der Waals surface area contributed by atoms with Crippen molar-refractivity contribution in [3.63, 3.8) is 0 Å². The first-order valence-corrected chi connectivity index (χ1v) is 9.87. The first kappa shape index (κ1) is 17.2. The average Bonchev–Trinajstić information content (AvgIpc) is 3.27. The minimum atomic E-state index is -0.389. The van der Waals surface area contributed by atoms with E-state index < -0.39 is 0 Å². The Labute approximate surface area is 155 Å². The van der Waals surface area contributed by atoms with Crippen LogP contribution in [0.3, 0.4) is 0 Å². The van der Waals surface area contributed by atoms with Crippen LogP contribution in [0.25, 0.3) is 21.1 Å². The topological polar surface area (TPSA) is 62.6 Å². The lowest BCUT2D eigenvalue weighted by Crippen LogP contribution is -2.39. The molecule has 1 N–H and O–H groups in total. The average molecular weight is 370 g/mol. The summed E-state index contributed by atoms with van der Waals surface area (Å²) in [6.07, 6.45) is 2.30. The lowest BCUT2D eigenvalue weighted by molar-refractivity contribution is 0.0945. The number of likely N-dealkylation sites (tertiary alicyclic amines) is 1. The molecule has 1 aliphatic rings. The Hall–Kier alpha value is -2.18. The molecule has 4 rings (SSSR count). The van der Waals surface area contributed by atoms with Gasteiger partial charge in [-0.15, -0.1) is 11.3 Å². The van der Waals surface area contributed by atoms with Crippen LogP contribution in [-0.4, -0.2) is 36.5 Å². The molecule has 1 atom stereocenters. The standard InChI is InChI=1S/C20H22N2O3S/c1-3-22-8-4-5-13(22)11-21-19(23)17-10-15-18(26-17)14-9-12(2)6-7-16(14)25-20(15)24/h6-7,9-10,13H,3-5,8,11H2,1-2H3,(H,21,23)/t13-/m1/s1. The molecule has 3 heterocycles. The van der Waals surface area contributed by atoms with Gasteiger partial charge in [0.15, 0.2) is 0 Å². The highest BCUT2D eigenvalue weighted by atomic mass is 32.1. The summed E-state index contributed by atoms with van der Waals surface area (Å²) in [5, 5.41) is 4.41. The zero-order valence-corrected chi connectivity index (χ0v) is 15.8. The fraction of sp³-hybridized carbons (Fsp3) is 0.400. The number of nitrogens with zero attached hydrogens (tertiary/aromatic N) is 1. The number of hydrogen-bond acceptors (Lipinski definition) is 5. The van der Waals surface area contributed by atoms with E-state index in [1.807, 2.05) is 25.1 Å². The molecule has 6 heteroatoms. The van der Waals surface area contributed by atoms with Gasteiger partial charge in [0, 0.05) is 18.0 Å². The quantitative estimate of drug-likeness (QED) is 0.714. The summed E-state index contributed by atoms with van der Waals surface area (Å²) in [5.74, 6) is -0.116. The van der Waals surface area contributed by atoms with E-state index in [4.69, 9.17) is 4.42 Å². The van der Waals surface area contributed by atoms with Crippen molar-refractivity contribution in [3.05, 3.63) is 45.1 Å². The number of fused-ring (bicyclic) bond motifs is 3. The molecule has 0 spiro atoms. The molecule has 0 unspecified atom stereocenters. The zero-order valence-electron chi connectivity index (χ0n) is 15.0. The number of carbonyl (C=O) groups excluding carboxylic acids is 1. The van der Waals surface area contributed by atoms with Gasteiger partial charge in [0.25, 0.3) is 5.91 Å². The normalized spacial score (nSPS) is 18.0. The number of thiophene rings is 1. The van der Waals surface area contributed by atoms with Crippen molar-refractivity contribution in [1.82, 2.24) is 10.2 Å². The molecule has 1 saturated heterocycles. The number of carbonyl (C=O) groups is 1. The minimum absolute atomic E-state index is 0.116. The Bertz CT molecular complexity index is 1040. The van der Waals surface area contributed by atoms with Crippen LogP contribution in [-0.2, 0) is 0 Å². The maximum Gasteiger partial charge on any atom is 0.345 e. The van der Waals surface area contributed by atoms with Gasteiger partial charge in [-0.3, -0.25) is 9.69 Å². The van der Waals surface area contributed by atoms with Gasteiger partial charge in [-0.1, -0.05) is 18.6 Å². The predicted molar refractivity (Wildman–Crippen MR) is 105 cm³/mol. The Kier molecular flexibility index (Phi) is 4.54. The van der Waals surface area contributed by atoms with E-state index in [9.17, 15) is 9.59 Å². The number of benzene rings is 1. The lowest BCUT2D eigenvalue weighted by Gasteiger charge is -2.22. The van der Waals surface area contributed by atoms with Gasteiger partial charge < -0.3 is 9.73 Å². The first-order chi connectivity index (χ1) is 12.6. The van der Waals surface area contributed by atoms with E-state index in [-0.39, 0.29) is 11.5 Å². The van der Waals surface area contributed by atoms with Gasteiger partial charge >= 0.3 is 5.63 Å². The maximum atomic E-state index is 12.6. The molecule has 1 fully saturated rings. The van der Waals surface area contributed by atoms with Crippen molar-refractivity contribution < 1.29 is 9.21 Å². The van der Waals surface area contributed by atoms with Crippen LogP contribution in [0, 0.1) is 6.92 Å². The summed E-state index contributed by atoms with van der Waals surface area (Å²) in [5.41, 5.74) is 1.26. The summed E-state index contributed by atoms with van der Waals surface area (Å²) in [7, 11) is 0. The molecule has 0 bridgehead atoms. The number of aryl methyl sites for hydroxylation is 1. The van der Waals surface area contributed by atoms with E-state index in [0.29, 0.717) is 28.4 Å². The predicted octanol–water partition coefficient (Wildman–Crippen LogP) is 3.53. The van der Waals surface area contributed by atoms with Gasteiger partial charge in [-0.25, -0.2) is 4.79 Å². The van der Waals surface area contributed by atoms with Crippen LogP contribution < -0.4 is 10.9 Å². The monoisotopic (exact) mass is 370 g/mol. The molecule has 136 valence electrons. The molecule has 2 aromatic heterocycles. The fourth-order valence-electron chi connectivity index (χ4n) is 3.76. The lowest BCUT2D eigenvalue weighted by atomic mass is 10.1. The second kappa shape index (κ2) is 6.85. The van der Waals surface area contributed by atoms with Crippen LogP contribution >= 0.6 is 11.3 Å². The molecule has 1 amide bonds. The van der Waals surface area contributed by atoms with Gasteiger partial charge in [0.1, 0.15) is 5.58 Å². The number of hydrogen-bond donors (Lipinski definition) is 1. The molecule has 26 heavy (non-hydrogen) atoms. The third-order valence-electron chi connectivity index (χ3n) is 5.16. The van der Waals surface area contributed by atoms with E-state index in [1.54, 1.807) is 6.07 Å². The molecule has 0 aliphatic carbocycles. The largest absolute Gasteiger partial charge is 0.422 e. The van der Waals surface area contributed by atoms with E-state index in [2.05, 4.69) is 17.1 Å². The highest BCUT2D eigenvalue weighted by molar-refractivity contribution is 7.21. The number of rotatable bonds is 4. The highest BCUT2D eigenvalue weighted by Gasteiger charge is 2.24. The SMILES string of the molecule is CCN1CCC[C@@H]1CNC(=O)c1cc2c(=O)oc3ccc(C)cc3c2s1. The molecule has 1 aromatic carbocycles. The van der Waals surface area contributed by atoms with Crippen LogP contribution in [0.4, 0.5) is 0 Å². The Balaban J connectivity index is 1.63. The molecule has 5 nitrogen and oxygen atoms in total. The van der Waals surface area contributed by atoms with Crippen LogP contribution in [0.5, 0.6) is 0 Å². The second-order valence-electron chi connectivity index (χ2n) is 6.88. The molecule has 0 saturated carbocycles. The zero-order chi connectivity index (χ0) is 18.3. The smallest absolute Gasteiger partial charge is 0.345 e. The van der Waals surface area contributed by atoms with Gasteiger partial charge in [-0.05, 0) is 51.1 Å². The van der Waals surface area contributed by atoms with Crippen molar-refractivity contribution in [2.75, 3.05) is 19.6 Å². The van der Waals surface area contributed by atoms with Crippen molar-refractivity contribution in [2.24, 2.45) is 0 Å². The number of amides is 1. The highest BCUT2D eigenvalue weighted by Crippen LogP contribution is 2.31. The van der Waals surface area contributed by atoms with Crippen molar-refractivity contribution in [3.8, 4) is 0 Å². The van der Waals surface area contributed by atoms with Crippen LogP contribution in [0.1, 0.15) is 35.0 Å². The Morgan fingerprint density at radius 3 is 3.00 bits per heavy atom. The summed E-state index contributed by atoms with van der Waals surface area (Å²) < 4.78 is 6.23. The van der Waals surface area contributed by atoms with E-state index in [1.165, 1.54) is 17.8 Å². The first-order valence-electron chi connectivity index (χ1n) is 9.06. The van der Waals surface area contributed by atoms with Crippen LogP contribution in [0.2, 0.25) is 0 Å². The van der Waals surface area contributed by atoms with E-state index in [0.717, 1.165) is 35.2 Å². The third kappa shape index (κ3) is 3.04. The third-order valence-corrected chi connectivity index (χ3v) is 6.33. The van der Waals surface area contributed by atoms with Crippen molar-refractivity contribution in [1.29, 1.82) is 0 Å². The van der Waals surface area contributed by atoms with Crippen molar-refractivity contribution in [2.45, 2.75) is 32.7 Å². The van der Waals surface area contributed by atoms with E-state index >= 15 is 0 Å². The number of nitrogens with one attached hydrogen (secondary N) is 1. The van der Waals surface area contributed by atoms with Gasteiger partial charge in [0.2, 0.25) is 0 Å².